The third kappa shape index (κ3) is 3.86. The Bertz CT molecular complexity index is 670. The van der Waals surface area contributed by atoms with E-state index in [-0.39, 0.29) is 11.6 Å². The predicted octanol–water partition coefficient (Wildman–Crippen LogP) is 3.51. The highest BCUT2D eigenvalue weighted by Crippen LogP contribution is 2.09. The van der Waals surface area contributed by atoms with E-state index in [0.717, 1.165) is 5.56 Å². The molecule has 0 aromatic heterocycles. The SMILES string of the molecule is COC(=O)c1ccc(/C=C/C(=O)c2ccc(F)cc2)cc1. The summed E-state index contributed by atoms with van der Waals surface area (Å²) in [6.07, 6.45) is 3.03. The lowest BCUT2D eigenvalue weighted by molar-refractivity contribution is 0.0600. The van der Waals surface area contributed by atoms with Crippen LogP contribution in [0.25, 0.3) is 6.08 Å². The van der Waals surface area contributed by atoms with Crippen molar-refractivity contribution < 1.29 is 18.7 Å². The van der Waals surface area contributed by atoms with E-state index in [9.17, 15) is 14.0 Å². The number of hydrogen-bond acceptors (Lipinski definition) is 3. The zero-order chi connectivity index (χ0) is 15.2. The van der Waals surface area contributed by atoms with Crippen molar-refractivity contribution in [1.29, 1.82) is 0 Å². The third-order valence-corrected chi connectivity index (χ3v) is 2.89. The van der Waals surface area contributed by atoms with Crippen molar-refractivity contribution in [3.8, 4) is 0 Å². The lowest BCUT2D eigenvalue weighted by Crippen LogP contribution is -2.00. The van der Waals surface area contributed by atoms with Crippen LogP contribution in [-0.2, 0) is 4.74 Å². The van der Waals surface area contributed by atoms with E-state index < -0.39 is 5.97 Å². The molecule has 4 heteroatoms. The van der Waals surface area contributed by atoms with Crippen LogP contribution in [0.2, 0.25) is 0 Å². The summed E-state index contributed by atoms with van der Waals surface area (Å²) in [5.74, 6) is -1.01. The fourth-order valence-corrected chi connectivity index (χ4v) is 1.73. The molecular weight excluding hydrogens is 271 g/mol. The second-order valence-electron chi connectivity index (χ2n) is 4.32. The molecule has 0 atom stereocenters. The number of carbonyl (C=O) groups excluding carboxylic acids is 2. The molecule has 2 rings (SSSR count). The molecule has 0 aliphatic rings. The molecule has 0 unspecified atom stereocenters. The van der Waals surface area contributed by atoms with Gasteiger partial charge in [0.25, 0.3) is 0 Å². The summed E-state index contributed by atoms with van der Waals surface area (Å²) in [6, 6.07) is 12.0. The molecule has 0 aliphatic carbocycles. The number of halogens is 1. The molecule has 106 valence electrons. The van der Waals surface area contributed by atoms with Crippen LogP contribution in [0.5, 0.6) is 0 Å². The first-order valence-corrected chi connectivity index (χ1v) is 6.26. The van der Waals surface area contributed by atoms with Gasteiger partial charge in [-0.05, 0) is 48.0 Å². The quantitative estimate of drug-likeness (QED) is 0.490. The fraction of sp³-hybridized carbons (Fsp3) is 0.0588. The first kappa shape index (κ1) is 14.7. The second-order valence-corrected chi connectivity index (χ2v) is 4.32. The van der Waals surface area contributed by atoms with Crippen LogP contribution in [0, 0.1) is 5.82 Å². The fourth-order valence-electron chi connectivity index (χ4n) is 1.73. The summed E-state index contributed by atoms with van der Waals surface area (Å²) in [5.41, 5.74) is 1.64. The number of esters is 1. The van der Waals surface area contributed by atoms with Crippen LogP contribution < -0.4 is 0 Å². The van der Waals surface area contributed by atoms with Crippen LogP contribution in [0.3, 0.4) is 0 Å². The van der Waals surface area contributed by atoms with Crippen molar-refractivity contribution in [2.45, 2.75) is 0 Å². The Morgan fingerprint density at radius 3 is 2.10 bits per heavy atom. The van der Waals surface area contributed by atoms with Gasteiger partial charge in [-0.15, -0.1) is 0 Å². The Morgan fingerprint density at radius 2 is 1.52 bits per heavy atom. The first-order chi connectivity index (χ1) is 10.1. The lowest BCUT2D eigenvalue weighted by atomic mass is 10.1. The highest BCUT2D eigenvalue weighted by atomic mass is 19.1. The maximum absolute atomic E-state index is 12.8. The Morgan fingerprint density at radius 1 is 0.952 bits per heavy atom. The van der Waals surface area contributed by atoms with E-state index in [4.69, 9.17) is 0 Å². The number of hydrogen-bond donors (Lipinski definition) is 0. The van der Waals surface area contributed by atoms with Crippen LogP contribution >= 0.6 is 0 Å². The van der Waals surface area contributed by atoms with Gasteiger partial charge in [-0.2, -0.15) is 0 Å². The molecule has 0 saturated carbocycles. The van der Waals surface area contributed by atoms with Crippen molar-refractivity contribution in [3.05, 3.63) is 77.1 Å². The third-order valence-electron chi connectivity index (χ3n) is 2.89. The summed E-state index contributed by atoms with van der Waals surface area (Å²) < 4.78 is 17.4. The van der Waals surface area contributed by atoms with Gasteiger partial charge in [0.2, 0.25) is 0 Å². The Balaban J connectivity index is 2.08. The van der Waals surface area contributed by atoms with Gasteiger partial charge in [-0.3, -0.25) is 4.79 Å². The van der Waals surface area contributed by atoms with Gasteiger partial charge in [0.15, 0.2) is 5.78 Å². The van der Waals surface area contributed by atoms with E-state index in [0.29, 0.717) is 11.1 Å². The molecule has 0 bridgehead atoms. The highest BCUT2D eigenvalue weighted by molar-refractivity contribution is 6.06. The minimum absolute atomic E-state index is 0.216. The average Bonchev–Trinajstić information content (AvgIpc) is 2.53. The Hall–Kier alpha value is -2.75. The number of benzene rings is 2. The van der Waals surface area contributed by atoms with Gasteiger partial charge in [-0.25, -0.2) is 9.18 Å². The highest BCUT2D eigenvalue weighted by Gasteiger charge is 2.04. The summed E-state index contributed by atoms with van der Waals surface area (Å²) in [4.78, 5) is 23.1. The molecule has 0 fully saturated rings. The number of ether oxygens (including phenoxy) is 1. The Labute approximate surface area is 121 Å². The number of carbonyl (C=O) groups is 2. The maximum atomic E-state index is 12.8. The van der Waals surface area contributed by atoms with E-state index >= 15 is 0 Å². The summed E-state index contributed by atoms with van der Waals surface area (Å²) in [5, 5.41) is 0. The normalized spacial score (nSPS) is 10.6. The van der Waals surface area contributed by atoms with Gasteiger partial charge in [-0.1, -0.05) is 18.2 Å². The zero-order valence-electron chi connectivity index (χ0n) is 11.4. The molecule has 2 aromatic carbocycles. The lowest BCUT2D eigenvalue weighted by Gasteiger charge is -1.99. The molecule has 21 heavy (non-hydrogen) atoms. The topological polar surface area (TPSA) is 43.4 Å². The molecule has 0 amide bonds. The van der Waals surface area contributed by atoms with Crippen molar-refractivity contribution in [1.82, 2.24) is 0 Å². The van der Waals surface area contributed by atoms with Crippen molar-refractivity contribution in [2.75, 3.05) is 7.11 Å². The monoisotopic (exact) mass is 284 g/mol. The number of ketones is 1. The number of allylic oxidation sites excluding steroid dienone is 1. The van der Waals surface area contributed by atoms with Crippen LogP contribution in [0.1, 0.15) is 26.3 Å². The molecule has 0 heterocycles. The molecule has 3 nitrogen and oxygen atoms in total. The molecule has 0 N–H and O–H groups in total. The minimum atomic E-state index is -0.409. The Kier molecular flexibility index (Phi) is 4.61. The van der Waals surface area contributed by atoms with Crippen LogP contribution in [0.4, 0.5) is 4.39 Å². The molecule has 0 radical (unpaired) electrons. The van der Waals surface area contributed by atoms with Gasteiger partial charge in [0, 0.05) is 5.56 Å². The molecule has 0 saturated heterocycles. The molecule has 2 aromatic rings. The van der Waals surface area contributed by atoms with Gasteiger partial charge < -0.3 is 4.74 Å². The van der Waals surface area contributed by atoms with Crippen molar-refractivity contribution in [3.63, 3.8) is 0 Å². The largest absolute Gasteiger partial charge is 0.465 e. The molecular formula is C17H13FO3. The number of rotatable bonds is 4. The van der Waals surface area contributed by atoms with Gasteiger partial charge >= 0.3 is 5.97 Å². The van der Waals surface area contributed by atoms with E-state index in [1.165, 1.54) is 37.5 Å². The van der Waals surface area contributed by atoms with Crippen molar-refractivity contribution >= 4 is 17.8 Å². The summed E-state index contributed by atoms with van der Waals surface area (Å²) in [6.45, 7) is 0. The van der Waals surface area contributed by atoms with Crippen LogP contribution in [-0.4, -0.2) is 18.9 Å². The van der Waals surface area contributed by atoms with Crippen LogP contribution in [0.15, 0.2) is 54.6 Å². The smallest absolute Gasteiger partial charge is 0.337 e. The maximum Gasteiger partial charge on any atom is 0.337 e. The number of methoxy groups -OCH3 is 1. The van der Waals surface area contributed by atoms with Gasteiger partial charge in [0.05, 0.1) is 12.7 Å². The summed E-state index contributed by atoms with van der Waals surface area (Å²) in [7, 11) is 1.32. The average molecular weight is 284 g/mol. The minimum Gasteiger partial charge on any atom is -0.465 e. The molecule has 0 spiro atoms. The van der Waals surface area contributed by atoms with E-state index in [2.05, 4.69) is 4.74 Å². The van der Waals surface area contributed by atoms with Gasteiger partial charge in [0.1, 0.15) is 5.82 Å². The first-order valence-electron chi connectivity index (χ1n) is 6.26. The van der Waals surface area contributed by atoms with E-state index in [1.807, 2.05) is 0 Å². The summed E-state index contributed by atoms with van der Waals surface area (Å²) >= 11 is 0. The zero-order valence-corrected chi connectivity index (χ0v) is 11.4. The standard InChI is InChI=1S/C17H13FO3/c1-21-17(20)14-5-2-12(3-6-14)4-11-16(19)13-7-9-15(18)10-8-13/h2-11H,1H3/b11-4+. The molecule has 0 aliphatic heterocycles. The van der Waals surface area contributed by atoms with E-state index in [1.54, 1.807) is 30.3 Å². The van der Waals surface area contributed by atoms with Crippen molar-refractivity contribution in [2.24, 2.45) is 0 Å². The second kappa shape index (κ2) is 6.61. The predicted molar refractivity (Wildman–Crippen MR) is 77.5 cm³/mol.